The fourth-order valence-electron chi connectivity index (χ4n) is 0.747. The minimum atomic E-state index is -0.682. The Morgan fingerprint density at radius 3 is 2.67 bits per heavy atom. The SMILES string of the molecule is CC1(C)C=CC(O)OC1. The Morgan fingerprint density at radius 2 is 2.33 bits per heavy atom. The van der Waals surface area contributed by atoms with Crippen molar-refractivity contribution in [3.63, 3.8) is 0 Å². The first-order chi connectivity index (χ1) is 4.10. The summed E-state index contributed by atoms with van der Waals surface area (Å²) in [5.74, 6) is 0. The van der Waals surface area contributed by atoms with Gasteiger partial charge in [0.1, 0.15) is 0 Å². The highest BCUT2D eigenvalue weighted by molar-refractivity contribution is 4.99. The molecule has 1 aliphatic heterocycles. The van der Waals surface area contributed by atoms with E-state index in [4.69, 9.17) is 9.84 Å². The summed E-state index contributed by atoms with van der Waals surface area (Å²) in [6.07, 6.45) is 2.96. The highest BCUT2D eigenvalue weighted by Crippen LogP contribution is 2.21. The van der Waals surface area contributed by atoms with Gasteiger partial charge in [0.15, 0.2) is 6.29 Å². The number of aliphatic hydroxyl groups is 1. The standard InChI is InChI=1S/C7H12O2/c1-7(2)4-3-6(8)9-5-7/h3-4,6,8H,5H2,1-2H3. The summed E-state index contributed by atoms with van der Waals surface area (Å²) in [6.45, 7) is 4.73. The van der Waals surface area contributed by atoms with E-state index in [1.54, 1.807) is 6.08 Å². The second kappa shape index (κ2) is 2.12. The van der Waals surface area contributed by atoms with Gasteiger partial charge in [-0.05, 0) is 6.08 Å². The molecule has 0 amide bonds. The highest BCUT2D eigenvalue weighted by Gasteiger charge is 2.20. The Hall–Kier alpha value is -0.340. The van der Waals surface area contributed by atoms with Crippen LogP contribution in [0.1, 0.15) is 13.8 Å². The van der Waals surface area contributed by atoms with Gasteiger partial charge in [0.25, 0.3) is 0 Å². The van der Waals surface area contributed by atoms with Gasteiger partial charge in [-0.3, -0.25) is 0 Å². The maximum absolute atomic E-state index is 8.83. The molecule has 52 valence electrons. The second-order valence-corrected chi connectivity index (χ2v) is 3.05. The van der Waals surface area contributed by atoms with Gasteiger partial charge in [0, 0.05) is 5.41 Å². The van der Waals surface area contributed by atoms with Crippen LogP contribution in [0, 0.1) is 5.41 Å². The lowest BCUT2D eigenvalue weighted by Gasteiger charge is -2.26. The van der Waals surface area contributed by atoms with E-state index in [1.165, 1.54) is 0 Å². The van der Waals surface area contributed by atoms with Crippen molar-refractivity contribution in [1.82, 2.24) is 0 Å². The molecule has 0 aliphatic carbocycles. The van der Waals surface area contributed by atoms with Gasteiger partial charge in [0.2, 0.25) is 0 Å². The Morgan fingerprint density at radius 1 is 1.67 bits per heavy atom. The van der Waals surface area contributed by atoms with Crippen molar-refractivity contribution in [2.75, 3.05) is 6.61 Å². The predicted molar refractivity (Wildman–Crippen MR) is 34.9 cm³/mol. The van der Waals surface area contributed by atoms with Gasteiger partial charge in [-0.25, -0.2) is 0 Å². The first-order valence-corrected chi connectivity index (χ1v) is 3.09. The fraction of sp³-hybridized carbons (Fsp3) is 0.714. The summed E-state index contributed by atoms with van der Waals surface area (Å²) < 4.78 is 4.96. The third-order valence-corrected chi connectivity index (χ3v) is 1.34. The zero-order valence-corrected chi connectivity index (χ0v) is 5.79. The van der Waals surface area contributed by atoms with Crippen LogP contribution >= 0.6 is 0 Å². The van der Waals surface area contributed by atoms with E-state index >= 15 is 0 Å². The van der Waals surface area contributed by atoms with Gasteiger partial charge in [-0.2, -0.15) is 0 Å². The first kappa shape index (κ1) is 6.78. The van der Waals surface area contributed by atoms with Crippen LogP contribution in [0.15, 0.2) is 12.2 Å². The van der Waals surface area contributed by atoms with Gasteiger partial charge in [-0.1, -0.05) is 19.9 Å². The van der Waals surface area contributed by atoms with E-state index in [0.29, 0.717) is 6.61 Å². The van der Waals surface area contributed by atoms with E-state index in [-0.39, 0.29) is 5.41 Å². The number of rotatable bonds is 0. The zero-order valence-electron chi connectivity index (χ0n) is 5.79. The Kier molecular flexibility index (Phi) is 1.60. The summed E-state index contributed by atoms with van der Waals surface area (Å²) in [6, 6.07) is 0. The molecule has 0 bridgehead atoms. The number of hydrogen-bond acceptors (Lipinski definition) is 2. The minimum Gasteiger partial charge on any atom is -0.365 e. The van der Waals surface area contributed by atoms with Crippen LogP contribution in [-0.4, -0.2) is 18.0 Å². The van der Waals surface area contributed by atoms with E-state index in [9.17, 15) is 0 Å². The van der Waals surface area contributed by atoms with Crippen LogP contribution in [0.3, 0.4) is 0 Å². The number of ether oxygens (including phenoxy) is 1. The summed E-state index contributed by atoms with van der Waals surface area (Å²) in [7, 11) is 0. The molecule has 2 nitrogen and oxygen atoms in total. The van der Waals surface area contributed by atoms with Crippen LogP contribution in [0.25, 0.3) is 0 Å². The Balaban J connectivity index is 2.58. The third-order valence-electron chi connectivity index (χ3n) is 1.34. The van der Waals surface area contributed by atoms with Crippen molar-refractivity contribution in [2.45, 2.75) is 20.1 Å². The van der Waals surface area contributed by atoms with Gasteiger partial charge >= 0.3 is 0 Å². The quantitative estimate of drug-likeness (QED) is 0.491. The van der Waals surface area contributed by atoms with Crippen molar-refractivity contribution in [3.05, 3.63) is 12.2 Å². The van der Waals surface area contributed by atoms with Gasteiger partial charge in [0.05, 0.1) is 6.61 Å². The number of aliphatic hydroxyl groups excluding tert-OH is 1. The molecular formula is C7H12O2. The summed E-state index contributed by atoms with van der Waals surface area (Å²) in [5, 5.41) is 8.83. The second-order valence-electron chi connectivity index (χ2n) is 3.05. The molecule has 1 rings (SSSR count). The smallest absolute Gasteiger partial charge is 0.174 e. The van der Waals surface area contributed by atoms with E-state index in [2.05, 4.69) is 13.8 Å². The van der Waals surface area contributed by atoms with Crippen molar-refractivity contribution < 1.29 is 9.84 Å². The van der Waals surface area contributed by atoms with Crippen LogP contribution < -0.4 is 0 Å². The van der Waals surface area contributed by atoms with Crippen LogP contribution in [0.5, 0.6) is 0 Å². The molecule has 0 spiro atoms. The maximum Gasteiger partial charge on any atom is 0.174 e. The summed E-state index contributed by atoms with van der Waals surface area (Å²) >= 11 is 0. The lowest BCUT2D eigenvalue weighted by atomic mass is 9.93. The molecule has 0 radical (unpaired) electrons. The highest BCUT2D eigenvalue weighted by atomic mass is 16.6. The molecular weight excluding hydrogens is 116 g/mol. The molecule has 1 heterocycles. The van der Waals surface area contributed by atoms with Crippen molar-refractivity contribution in [3.8, 4) is 0 Å². The first-order valence-electron chi connectivity index (χ1n) is 3.09. The zero-order chi connectivity index (χ0) is 6.91. The predicted octanol–water partition coefficient (Wildman–Crippen LogP) is 0.917. The average molecular weight is 128 g/mol. The summed E-state index contributed by atoms with van der Waals surface area (Å²) in [4.78, 5) is 0. The lowest BCUT2D eigenvalue weighted by molar-refractivity contribution is -0.0930. The van der Waals surface area contributed by atoms with E-state index in [1.807, 2.05) is 6.08 Å². The van der Waals surface area contributed by atoms with Gasteiger partial charge < -0.3 is 9.84 Å². The minimum absolute atomic E-state index is 0.0965. The van der Waals surface area contributed by atoms with Crippen LogP contribution in [-0.2, 0) is 4.74 Å². The monoisotopic (exact) mass is 128 g/mol. The molecule has 0 aromatic heterocycles. The molecule has 1 unspecified atom stereocenters. The molecule has 9 heavy (non-hydrogen) atoms. The van der Waals surface area contributed by atoms with E-state index in [0.717, 1.165) is 0 Å². The maximum atomic E-state index is 8.83. The largest absolute Gasteiger partial charge is 0.365 e. The number of hydrogen-bond donors (Lipinski definition) is 1. The average Bonchev–Trinajstić information content (AvgIpc) is 1.78. The van der Waals surface area contributed by atoms with Crippen molar-refractivity contribution in [2.24, 2.45) is 5.41 Å². The molecule has 1 atom stereocenters. The Labute approximate surface area is 55.1 Å². The summed E-state index contributed by atoms with van der Waals surface area (Å²) in [5.41, 5.74) is 0.0965. The van der Waals surface area contributed by atoms with Crippen LogP contribution in [0.2, 0.25) is 0 Å². The topological polar surface area (TPSA) is 29.5 Å². The molecule has 1 N–H and O–H groups in total. The molecule has 0 aromatic carbocycles. The lowest BCUT2D eigenvalue weighted by Crippen LogP contribution is -2.26. The molecule has 2 heteroatoms. The van der Waals surface area contributed by atoms with Crippen molar-refractivity contribution >= 4 is 0 Å². The van der Waals surface area contributed by atoms with Crippen molar-refractivity contribution in [1.29, 1.82) is 0 Å². The van der Waals surface area contributed by atoms with Crippen LogP contribution in [0.4, 0.5) is 0 Å². The Bertz CT molecular complexity index is 127. The fourth-order valence-corrected chi connectivity index (χ4v) is 0.747. The molecule has 1 aliphatic rings. The molecule has 0 fully saturated rings. The molecule has 0 saturated heterocycles. The third kappa shape index (κ3) is 1.80. The van der Waals surface area contributed by atoms with Gasteiger partial charge in [-0.15, -0.1) is 0 Å². The molecule has 0 aromatic rings. The van der Waals surface area contributed by atoms with E-state index < -0.39 is 6.29 Å². The molecule has 0 saturated carbocycles. The normalized spacial score (nSPS) is 32.6.